The van der Waals surface area contributed by atoms with Gasteiger partial charge in [0.1, 0.15) is 5.60 Å². The van der Waals surface area contributed by atoms with E-state index in [1.54, 1.807) is 11.3 Å². The van der Waals surface area contributed by atoms with Crippen molar-refractivity contribution < 1.29 is 9.84 Å². The maximum Gasteiger partial charge on any atom is 0.183 e. The molecule has 1 aromatic carbocycles. The molecule has 1 aromatic heterocycles. The van der Waals surface area contributed by atoms with E-state index in [9.17, 15) is 5.11 Å². The number of hydrogen-bond acceptors (Lipinski definition) is 5. The Morgan fingerprint density at radius 3 is 3.11 bits per heavy atom. The molecule has 18 heavy (non-hydrogen) atoms. The summed E-state index contributed by atoms with van der Waals surface area (Å²) in [4.78, 5) is 4.49. The fourth-order valence-corrected chi connectivity index (χ4v) is 3.04. The van der Waals surface area contributed by atoms with Crippen LogP contribution in [-0.2, 0) is 4.74 Å². The van der Waals surface area contributed by atoms with Gasteiger partial charge in [-0.1, -0.05) is 23.5 Å². The lowest BCUT2D eigenvalue weighted by atomic mass is 9.97. The molecular formula is C13H16N2O2S. The number of aromatic nitrogens is 1. The summed E-state index contributed by atoms with van der Waals surface area (Å²) in [7, 11) is 0. The predicted octanol–water partition coefficient (Wildman–Crippen LogP) is 2.25. The van der Waals surface area contributed by atoms with Gasteiger partial charge in [0.25, 0.3) is 0 Å². The van der Waals surface area contributed by atoms with Crippen LogP contribution in [0.15, 0.2) is 24.3 Å². The zero-order valence-electron chi connectivity index (χ0n) is 10.2. The molecular weight excluding hydrogens is 248 g/mol. The van der Waals surface area contributed by atoms with Gasteiger partial charge < -0.3 is 15.2 Å². The molecule has 5 heteroatoms. The van der Waals surface area contributed by atoms with Crippen molar-refractivity contribution in [3.63, 3.8) is 0 Å². The Morgan fingerprint density at radius 2 is 2.39 bits per heavy atom. The van der Waals surface area contributed by atoms with Gasteiger partial charge in [0.05, 0.1) is 16.3 Å². The summed E-state index contributed by atoms with van der Waals surface area (Å²) in [6.07, 6.45) is 0.547. The number of ether oxygens (including phenoxy) is 1. The summed E-state index contributed by atoms with van der Waals surface area (Å²) in [6.45, 7) is 3.01. The van der Waals surface area contributed by atoms with Gasteiger partial charge in [-0.25, -0.2) is 4.98 Å². The number of nitrogens with zero attached hydrogens (tertiary/aromatic N) is 1. The highest BCUT2D eigenvalue weighted by Crippen LogP contribution is 2.29. The molecule has 2 unspecified atom stereocenters. The first kappa shape index (κ1) is 11.9. The monoisotopic (exact) mass is 264 g/mol. The average Bonchev–Trinajstić information content (AvgIpc) is 2.92. The third-order valence-electron chi connectivity index (χ3n) is 3.50. The van der Waals surface area contributed by atoms with Crippen molar-refractivity contribution in [2.24, 2.45) is 0 Å². The normalized spacial score (nSPS) is 27.8. The molecule has 1 fully saturated rings. The number of rotatable bonds is 3. The lowest BCUT2D eigenvalue weighted by Gasteiger charge is -2.25. The van der Waals surface area contributed by atoms with E-state index in [0.29, 0.717) is 19.6 Å². The van der Waals surface area contributed by atoms with Crippen LogP contribution in [0.5, 0.6) is 0 Å². The molecule has 96 valence electrons. The van der Waals surface area contributed by atoms with Crippen LogP contribution < -0.4 is 5.32 Å². The number of fused-ring (bicyclic) bond motifs is 1. The fraction of sp³-hybridized carbons (Fsp3) is 0.462. The van der Waals surface area contributed by atoms with Crippen LogP contribution in [0.1, 0.15) is 13.3 Å². The molecule has 0 saturated carbocycles. The van der Waals surface area contributed by atoms with E-state index in [1.165, 1.54) is 0 Å². The van der Waals surface area contributed by atoms with Crippen molar-refractivity contribution in [2.45, 2.75) is 25.0 Å². The molecule has 0 radical (unpaired) electrons. The Morgan fingerprint density at radius 1 is 1.56 bits per heavy atom. The summed E-state index contributed by atoms with van der Waals surface area (Å²) in [5.74, 6) is 0. The number of hydrogen-bond donors (Lipinski definition) is 2. The van der Waals surface area contributed by atoms with E-state index in [1.807, 2.05) is 31.2 Å². The predicted molar refractivity (Wildman–Crippen MR) is 73.1 cm³/mol. The molecule has 1 saturated heterocycles. The summed E-state index contributed by atoms with van der Waals surface area (Å²) in [5.41, 5.74) is 0.213. The Labute approximate surface area is 110 Å². The first-order chi connectivity index (χ1) is 8.67. The fourth-order valence-electron chi connectivity index (χ4n) is 2.18. The highest BCUT2D eigenvalue weighted by atomic mass is 32.1. The number of nitrogens with one attached hydrogen (secondary N) is 1. The topological polar surface area (TPSA) is 54.4 Å². The number of benzene rings is 1. The van der Waals surface area contributed by atoms with E-state index >= 15 is 0 Å². The van der Waals surface area contributed by atoms with Crippen molar-refractivity contribution in [3.8, 4) is 0 Å². The zero-order valence-corrected chi connectivity index (χ0v) is 11.0. The molecule has 0 amide bonds. The largest absolute Gasteiger partial charge is 0.385 e. The van der Waals surface area contributed by atoms with Gasteiger partial charge in [0, 0.05) is 19.6 Å². The number of anilines is 1. The minimum absolute atomic E-state index is 0.126. The molecule has 0 spiro atoms. The third-order valence-corrected chi connectivity index (χ3v) is 4.49. The van der Waals surface area contributed by atoms with E-state index in [-0.39, 0.29) is 6.10 Å². The quantitative estimate of drug-likeness (QED) is 0.892. The Balaban J connectivity index is 1.73. The van der Waals surface area contributed by atoms with Crippen LogP contribution in [-0.4, -0.2) is 34.9 Å². The van der Waals surface area contributed by atoms with Crippen LogP contribution in [0.25, 0.3) is 10.2 Å². The average molecular weight is 264 g/mol. The van der Waals surface area contributed by atoms with Crippen molar-refractivity contribution in [3.05, 3.63) is 24.3 Å². The molecule has 1 aliphatic heterocycles. The lowest BCUT2D eigenvalue weighted by molar-refractivity contribution is -0.0175. The summed E-state index contributed by atoms with van der Waals surface area (Å²) in [5, 5.41) is 14.5. The molecule has 2 atom stereocenters. The SMILES string of the molecule is CC1OCCC1(O)CNc1nc2ccccc2s1. The number of para-hydroxylation sites is 1. The van der Waals surface area contributed by atoms with Crippen LogP contribution in [0.4, 0.5) is 5.13 Å². The Kier molecular flexibility index (Phi) is 2.97. The maximum atomic E-state index is 10.4. The van der Waals surface area contributed by atoms with Gasteiger partial charge in [0.2, 0.25) is 0 Å². The molecule has 0 aliphatic carbocycles. The van der Waals surface area contributed by atoms with Crippen molar-refractivity contribution >= 4 is 26.7 Å². The Hall–Kier alpha value is -1.17. The molecule has 3 rings (SSSR count). The van der Waals surface area contributed by atoms with Crippen molar-refractivity contribution in [1.82, 2.24) is 4.98 Å². The second-order valence-electron chi connectivity index (χ2n) is 4.71. The number of thiazole rings is 1. The molecule has 2 N–H and O–H groups in total. The first-order valence-electron chi connectivity index (χ1n) is 6.11. The van der Waals surface area contributed by atoms with Gasteiger partial charge in [0.15, 0.2) is 5.13 Å². The summed E-state index contributed by atoms with van der Waals surface area (Å²) < 4.78 is 6.56. The molecule has 2 aromatic rings. The van der Waals surface area contributed by atoms with Crippen molar-refractivity contribution in [2.75, 3.05) is 18.5 Å². The van der Waals surface area contributed by atoms with Crippen molar-refractivity contribution in [1.29, 1.82) is 0 Å². The molecule has 4 nitrogen and oxygen atoms in total. The maximum absolute atomic E-state index is 10.4. The highest BCUT2D eigenvalue weighted by Gasteiger charge is 2.39. The van der Waals surface area contributed by atoms with Crippen LogP contribution in [0, 0.1) is 0 Å². The minimum atomic E-state index is -0.780. The van der Waals surface area contributed by atoms with E-state index < -0.39 is 5.60 Å². The van der Waals surface area contributed by atoms with E-state index in [2.05, 4.69) is 10.3 Å². The van der Waals surface area contributed by atoms with Gasteiger partial charge in [-0.05, 0) is 19.1 Å². The van der Waals surface area contributed by atoms with Gasteiger partial charge in [-0.15, -0.1) is 0 Å². The van der Waals surface area contributed by atoms with Crippen LogP contribution in [0.3, 0.4) is 0 Å². The minimum Gasteiger partial charge on any atom is -0.385 e. The van der Waals surface area contributed by atoms with Crippen LogP contribution >= 0.6 is 11.3 Å². The summed E-state index contributed by atoms with van der Waals surface area (Å²) in [6, 6.07) is 8.03. The van der Waals surface area contributed by atoms with Gasteiger partial charge in [-0.3, -0.25) is 0 Å². The lowest BCUT2D eigenvalue weighted by Crippen LogP contribution is -2.42. The standard InChI is InChI=1S/C13H16N2O2S/c1-9-13(16,6-7-17-9)8-14-12-15-10-4-2-3-5-11(10)18-12/h2-5,9,16H,6-8H2,1H3,(H,14,15). The number of aliphatic hydroxyl groups is 1. The second-order valence-corrected chi connectivity index (χ2v) is 5.74. The van der Waals surface area contributed by atoms with Gasteiger partial charge >= 0.3 is 0 Å². The zero-order chi connectivity index (χ0) is 12.6. The first-order valence-corrected chi connectivity index (χ1v) is 6.92. The molecule has 2 heterocycles. The third kappa shape index (κ3) is 2.09. The van der Waals surface area contributed by atoms with E-state index in [4.69, 9.17) is 4.74 Å². The summed E-state index contributed by atoms with van der Waals surface area (Å²) >= 11 is 1.61. The highest BCUT2D eigenvalue weighted by molar-refractivity contribution is 7.22. The molecule has 1 aliphatic rings. The molecule has 0 bridgehead atoms. The van der Waals surface area contributed by atoms with Crippen LogP contribution in [0.2, 0.25) is 0 Å². The Bertz CT molecular complexity index is 524. The second kappa shape index (κ2) is 4.50. The van der Waals surface area contributed by atoms with Gasteiger partial charge in [-0.2, -0.15) is 0 Å². The smallest absolute Gasteiger partial charge is 0.183 e. The van der Waals surface area contributed by atoms with E-state index in [0.717, 1.165) is 15.3 Å².